The Hall–Kier alpha value is -2.69. The molecule has 1 N–H and O–H groups in total. The zero-order valence-electron chi connectivity index (χ0n) is 11.9. The summed E-state index contributed by atoms with van der Waals surface area (Å²) >= 11 is 0. The number of nitrogens with one attached hydrogen (secondary N) is 1. The average molecular weight is 284 g/mol. The molecular formula is C16H16N2O3. The lowest BCUT2D eigenvalue weighted by Crippen LogP contribution is -2.14. The predicted octanol–water partition coefficient (Wildman–Crippen LogP) is 3.65. The van der Waals surface area contributed by atoms with Gasteiger partial charge in [-0.15, -0.1) is 0 Å². The second-order valence-corrected chi connectivity index (χ2v) is 4.98. The van der Waals surface area contributed by atoms with Crippen LogP contribution in [0.1, 0.15) is 29.8 Å². The number of nitrogens with zero attached hydrogens (tertiary/aromatic N) is 1. The molecule has 0 aliphatic carbocycles. The Morgan fingerprint density at radius 2 is 1.81 bits per heavy atom. The van der Waals surface area contributed by atoms with Crippen LogP contribution in [-0.4, -0.2) is 16.7 Å². The number of nitro benzene ring substituents is 1. The maximum Gasteiger partial charge on any atom is 0.271 e. The third-order valence-electron chi connectivity index (χ3n) is 2.94. The molecule has 108 valence electrons. The predicted molar refractivity (Wildman–Crippen MR) is 81.7 cm³/mol. The minimum atomic E-state index is -0.470. The highest BCUT2D eigenvalue weighted by molar-refractivity contribution is 6.12. The highest BCUT2D eigenvalue weighted by Gasteiger charge is 2.17. The highest BCUT2D eigenvalue weighted by Crippen LogP contribution is 2.25. The van der Waals surface area contributed by atoms with Crippen molar-refractivity contribution in [1.29, 1.82) is 0 Å². The van der Waals surface area contributed by atoms with E-state index in [4.69, 9.17) is 0 Å². The molecule has 0 unspecified atom stereocenters. The second-order valence-electron chi connectivity index (χ2n) is 4.98. The van der Waals surface area contributed by atoms with Crippen molar-refractivity contribution in [2.45, 2.75) is 19.9 Å². The third-order valence-corrected chi connectivity index (χ3v) is 2.94. The summed E-state index contributed by atoms with van der Waals surface area (Å²) in [7, 11) is 0. The van der Waals surface area contributed by atoms with Gasteiger partial charge in [0.25, 0.3) is 5.69 Å². The van der Waals surface area contributed by atoms with Gasteiger partial charge in [-0.2, -0.15) is 0 Å². The van der Waals surface area contributed by atoms with Gasteiger partial charge in [0.2, 0.25) is 0 Å². The monoisotopic (exact) mass is 284 g/mol. The lowest BCUT2D eigenvalue weighted by atomic mass is 10.0. The van der Waals surface area contributed by atoms with Gasteiger partial charge in [0.1, 0.15) is 0 Å². The van der Waals surface area contributed by atoms with Crippen LogP contribution in [-0.2, 0) is 0 Å². The summed E-state index contributed by atoms with van der Waals surface area (Å²) in [5.74, 6) is -0.159. The molecule has 0 fully saturated rings. The third kappa shape index (κ3) is 3.45. The van der Waals surface area contributed by atoms with Gasteiger partial charge in [-0.05, 0) is 19.9 Å². The van der Waals surface area contributed by atoms with Crippen LogP contribution in [0, 0.1) is 10.1 Å². The standard InChI is InChI=1S/C16H16N2O3/c1-11(2)17-15-10-13(18(20)21)8-9-14(15)16(19)12-6-4-3-5-7-12/h3-11,17H,1-2H3. The summed E-state index contributed by atoms with van der Waals surface area (Å²) in [5, 5.41) is 14.0. The topological polar surface area (TPSA) is 72.2 Å². The van der Waals surface area contributed by atoms with Crippen molar-refractivity contribution >= 4 is 17.2 Å². The SMILES string of the molecule is CC(C)Nc1cc([N+](=O)[O-])ccc1C(=O)c1ccccc1. The Morgan fingerprint density at radius 3 is 2.38 bits per heavy atom. The maximum absolute atomic E-state index is 12.5. The lowest BCUT2D eigenvalue weighted by Gasteiger charge is -2.14. The van der Waals surface area contributed by atoms with Crippen molar-refractivity contribution in [3.8, 4) is 0 Å². The first kappa shape index (κ1) is 14.7. The molecule has 0 bridgehead atoms. The molecule has 0 aliphatic rings. The molecule has 0 aliphatic heterocycles. The van der Waals surface area contributed by atoms with E-state index in [0.29, 0.717) is 16.8 Å². The van der Waals surface area contributed by atoms with Gasteiger partial charge < -0.3 is 5.32 Å². The van der Waals surface area contributed by atoms with E-state index in [0.717, 1.165) is 0 Å². The van der Waals surface area contributed by atoms with Crippen LogP contribution in [0.3, 0.4) is 0 Å². The number of ketones is 1. The van der Waals surface area contributed by atoms with Crippen LogP contribution in [0.15, 0.2) is 48.5 Å². The number of hydrogen-bond acceptors (Lipinski definition) is 4. The van der Waals surface area contributed by atoms with Crippen molar-refractivity contribution in [2.24, 2.45) is 0 Å². The van der Waals surface area contributed by atoms with Gasteiger partial charge in [-0.3, -0.25) is 14.9 Å². The first-order chi connectivity index (χ1) is 9.99. The number of non-ortho nitro benzene ring substituents is 1. The highest BCUT2D eigenvalue weighted by atomic mass is 16.6. The molecular weight excluding hydrogens is 268 g/mol. The van der Waals surface area contributed by atoms with E-state index >= 15 is 0 Å². The van der Waals surface area contributed by atoms with Crippen LogP contribution in [0.4, 0.5) is 11.4 Å². The molecule has 5 nitrogen and oxygen atoms in total. The summed E-state index contributed by atoms with van der Waals surface area (Å²) < 4.78 is 0. The molecule has 2 aromatic rings. The van der Waals surface area contributed by atoms with E-state index in [1.54, 1.807) is 24.3 Å². The molecule has 21 heavy (non-hydrogen) atoms. The Kier molecular flexibility index (Phi) is 4.33. The van der Waals surface area contributed by atoms with E-state index in [2.05, 4.69) is 5.32 Å². The van der Waals surface area contributed by atoms with E-state index in [-0.39, 0.29) is 17.5 Å². The normalized spacial score (nSPS) is 10.4. The summed E-state index contributed by atoms with van der Waals surface area (Å²) in [6, 6.07) is 13.2. The van der Waals surface area contributed by atoms with E-state index in [9.17, 15) is 14.9 Å². The minimum Gasteiger partial charge on any atom is -0.382 e. The van der Waals surface area contributed by atoms with Crippen molar-refractivity contribution in [3.05, 3.63) is 69.8 Å². The molecule has 5 heteroatoms. The van der Waals surface area contributed by atoms with Gasteiger partial charge in [0, 0.05) is 29.3 Å². The number of carbonyl (C=O) groups is 1. The number of carbonyl (C=O) groups excluding carboxylic acids is 1. The average Bonchev–Trinajstić information content (AvgIpc) is 2.46. The molecule has 2 aromatic carbocycles. The van der Waals surface area contributed by atoms with Gasteiger partial charge in [-0.1, -0.05) is 30.3 Å². The van der Waals surface area contributed by atoms with Gasteiger partial charge in [0.05, 0.1) is 10.6 Å². The second kappa shape index (κ2) is 6.17. The first-order valence-corrected chi connectivity index (χ1v) is 6.63. The summed E-state index contributed by atoms with van der Waals surface area (Å²) in [4.78, 5) is 22.9. The smallest absolute Gasteiger partial charge is 0.271 e. The van der Waals surface area contributed by atoms with Gasteiger partial charge in [-0.25, -0.2) is 0 Å². The first-order valence-electron chi connectivity index (χ1n) is 6.63. The number of rotatable bonds is 5. The van der Waals surface area contributed by atoms with Crippen LogP contribution >= 0.6 is 0 Å². The Labute approximate surface area is 122 Å². The molecule has 0 aromatic heterocycles. The summed E-state index contributed by atoms with van der Waals surface area (Å²) in [6.45, 7) is 3.82. The van der Waals surface area contributed by atoms with E-state index < -0.39 is 4.92 Å². The van der Waals surface area contributed by atoms with Crippen molar-refractivity contribution in [1.82, 2.24) is 0 Å². The molecule has 0 spiro atoms. The zero-order valence-corrected chi connectivity index (χ0v) is 11.9. The van der Waals surface area contributed by atoms with Crippen molar-refractivity contribution < 1.29 is 9.72 Å². The van der Waals surface area contributed by atoms with Crippen LogP contribution < -0.4 is 5.32 Å². The number of nitro groups is 1. The van der Waals surface area contributed by atoms with Gasteiger partial charge >= 0.3 is 0 Å². The molecule has 0 amide bonds. The maximum atomic E-state index is 12.5. The Morgan fingerprint density at radius 1 is 1.14 bits per heavy atom. The van der Waals surface area contributed by atoms with Crippen LogP contribution in [0.25, 0.3) is 0 Å². The quantitative estimate of drug-likeness (QED) is 0.517. The van der Waals surface area contributed by atoms with Crippen LogP contribution in [0.5, 0.6) is 0 Å². The largest absolute Gasteiger partial charge is 0.382 e. The Balaban J connectivity index is 2.47. The summed E-state index contributed by atoms with van der Waals surface area (Å²) in [6.07, 6.45) is 0. The fraction of sp³-hybridized carbons (Fsp3) is 0.188. The molecule has 0 radical (unpaired) electrons. The fourth-order valence-electron chi connectivity index (χ4n) is 2.02. The van der Waals surface area contributed by atoms with Crippen LogP contribution in [0.2, 0.25) is 0 Å². The molecule has 2 rings (SSSR count). The number of hydrogen-bond donors (Lipinski definition) is 1. The molecule has 0 saturated heterocycles. The molecule has 0 atom stereocenters. The van der Waals surface area contributed by atoms with Crippen molar-refractivity contribution in [2.75, 3.05) is 5.32 Å². The molecule has 0 saturated carbocycles. The van der Waals surface area contributed by atoms with Gasteiger partial charge in [0.15, 0.2) is 5.78 Å². The minimum absolute atomic E-state index is 0.0391. The zero-order chi connectivity index (χ0) is 15.4. The Bertz CT molecular complexity index is 666. The van der Waals surface area contributed by atoms with Crippen molar-refractivity contribution in [3.63, 3.8) is 0 Å². The number of anilines is 1. The molecule has 0 heterocycles. The summed E-state index contributed by atoms with van der Waals surface area (Å²) in [5.41, 5.74) is 1.43. The fourth-order valence-corrected chi connectivity index (χ4v) is 2.02. The van der Waals surface area contributed by atoms with E-state index in [1.807, 2.05) is 19.9 Å². The lowest BCUT2D eigenvalue weighted by molar-refractivity contribution is -0.384. The number of benzene rings is 2. The van der Waals surface area contributed by atoms with E-state index in [1.165, 1.54) is 18.2 Å².